The van der Waals surface area contributed by atoms with Crippen molar-refractivity contribution in [2.45, 2.75) is 6.42 Å². The summed E-state index contributed by atoms with van der Waals surface area (Å²) in [5.74, 6) is -0.537. The first kappa shape index (κ1) is 11.0. The summed E-state index contributed by atoms with van der Waals surface area (Å²) in [6.45, 7) is 0. The summed E-state index contributed by atoms with van der Waals surface area (Å²) >= 11 is 5.43. The molecular formula is C10H10ClFO2. The highest BCUT2D eigenvalue weighted by Crippen LogP contribution is 2.23. The summed E-state index contributed by atoms with van der Waals surface area (Å²) in [7, 11) is 1.33. The molecule has 0 atom stereocenters. The summed E-state index contributed by atoms with van der Waals surface area (Å²) in [6, 6.07) is 4.24. The van der Waals surface area contributed by atoms with Crippen molar-refractivity contribution in [3.8, 4) is 5.75 Å². The van der Waals surface area contributed by atoms with Gasteiger partial charge in [-0.3, -0.25) is 4.79 Å². The first-order chi connectivity index (χ1) is 6.70. The van der Waals surface area contributed by atoms with Crippen LogP contribution in [0, 0.1) is 5.82 Å². The van der Waals surface area contributed by atoms with Gasteiger partial charge in [-0.05, 0) is 12.1 Å². The third-order valence-electron chi connectivity index (χ3n) is 1.79. The SMILES string of the molecule is COc1c(F)cccc1C(=O)CCCl. The smallest absolute Gasteiger partial charge is 0.167 e. The zero-order chi connectivity index (χ0) is 10.6. The first-order valence-corrected chi connectivity index (χ1v) is 4.65. The molecule has 0 unspecified atom stereocenters. The van der Waals surface area contributed by atoms with Crippen LogP contribution in [0.2, 0.25) is 0 Å². The van der Waals surface area contributed by atoms with Crippen molar-refractivity contribution in [3.05, 3.63) is 29.6 Å². The monoisotopic (exact) mass is 216 g/mol. The first-order valence-electron chi connectivity index (χ1n) is 4.12. The Kier molecular flexibility index (Phi) is 3.89. The number of carbonyl (C=O) groups is 1. The lowest BCUT2D eigenvalue weighted by atomic mass is 10.1. The predicted octanol–water partition coefficient (Wildman–Crippen LogP) is 2.65. The zero-order valence-corrected chi connectivity index (χ0v) is 8.47. The molecule has 0 aliphatic carbocycles. The minimum Gasteiger partial charge on any atom is -0.493 e. The molecule has 0 N–H and O–H groups in total. The predicted molar refractivity (Wildman–Crippen MR) is 52.6 cm³/mol. The number of ether oxygens (including phenoxy) is 1. The van der Waals surface area contributed by atoms with E-state index in [1.54, 1.807) is 0 Å². The lowest BCUT2D eigenvalue weighted by Crippen LogP contribution is -2.04. The van der Waals surface area contributed by atoms with E-state index < -0.39 is 5.82 Å². The molecule has 1 aromatic carbocycles. The quantitative estimate of drug-likeness (QED) is 0.571. The maximum atomic E-state index is 13.1. The molecule has 2 nitrogen and oxygen atoms in total. The van der Waals surface area contributed by atoms with Crippen LogP contribution in [0.25, 0.3) is 0 Å². The number of carbonyl (C=O) groups excluding carboxylic acids is 1. The van der Waals surface area contributed by atoms with Crippen molar-refractivity contribution in [2.75, 3.05) is 13.0 Å². The lowest BCUT2D eigenvalue weighted by molar-refractivity contribution is 0.0985. The van der Waals surface area contributed by atoms with Crippen molar-refractivity contribution in [1.82, 2.24) is 0 Å². The standard InChI is InChI=1S/C10H10ClFO2/c1-14-10-7(9(13)5-6-11)3-2-4-8(10)12/h2-4H,5-6H2,1H3. The number of rotatable bonds is 4. The molecule has 0 spiro atoms. The summed E-state index contributed by atoms with van der Waals surface area (Å²) in [5.41, 5.74) is 0.244. The molecule has 0 aliphatic rings. The van der Waals surface area contributed by atoms with Crippen LogP contribution in [0.4, 0.5) is 4.39 Å². The van der Waals surface area contributed by atoms with Crippen molar-refractivity contribution < 1.29 is 13.9 Å². The Morgan fingerprint density at radius 2 is 2.29 bits per heavy atom. The number of para-hydroxylation sites is 1. The van der Waals surface area contributed by atoms with Crippen molar-refractivity contribution in [1.29, 1.82) is 0 Å². The van der Waals surface area contributed by atoms with Crippen molar-refractivity contribution in [3.63, 3.8) is 0 Å². The average molecular weight is 217 g/mol. The Hall–Kier alpha value is -1.09. The second-order valence-electron chi connectivity index (χ2n) is 2.68. The number of methoxy groups -OCH3 is 1. The zero-order valence-electron chi connectivity index (χ0n) is 7.72. The van der Waals surface area contributed by atoms with E-state index in [1.165, 1.54) is 25.3 Å². The highest BCUT2D eigenvalue weighted by molar-refractivity contribution is 6.19. The van der Waals surface area contributed by atoms with Gasteiger partial charge in [-0.15, -0.1) is 11.6 Å². The van der Waals surface area contributed by atoms with Crippen molar-refractivity contribution in [2.24, 2.45) is 0 Å². The number of hydrogen-bond donors (Lipinski definition) is 0. The highest BCUT2D eigenvalue weighted by atomic mass is 35.5. The molecule has 0 saturated carbocycles. The van der Waals surface area contributed by atoms with Gasteiger partial charge in [0, 0.05) is 12.3 Å². The van der Waals surface area contributed by atoms with Gasteiger partial charge >= 0.3 is 0 Å². The Balaban J connectivity index is 3.07. The van der Waals surface area contributed by atoms with Crippen LogP contribution < -0.4 is 4.74 Å². The Morgan fingerprint density at radius 1 is 1.57 bits per heavy atom. The van der Waals surface area contributed by atoms with E-state index in [2.05, 4.69) is 0 Å². The van der Waals surface area contributed by atoms with Crippen LogP contribution in [0.5, 0.6) is 5.75 Å². The van der Waals surface area contributed by atoms with E-state index >= 15 is 0 Å². The topological polar surface area (TPSA) is 26.3 Å². The van der Waals surface area contributed by atoms with E-state index in [9.17, 15) is 9.18 Å². The van der Waals surface area contributed by atoms with Crippen LogP contribution in [-0.4, -0.2) is 18.8 Å². The number of halogens is 2. The fourth-order valence-corrected chi connectivity index (χ4v) is 1.33. The van der Waals surface area contributed by atoms with Crippen LogP contribution >= 0.6 is 11.6 Å². The summed E-state index contributed by atoms with van der Waals surface area (Å²) < 4.78 is 17.9. The molecule has 0 bridgehead atoms. The molecule has 76 valence electrons. The molecule has 0 heterocycles. The van der Waals surface area contributed by atoms with Crippen LogP contribution in [0.15, 0.2) is 18.2 Å². The second kappa shape index (κ2) is 4.96. The molecular weight excluding hydrogens is 207 g/mol. The van der Waals surface area contributed by atoms with Gasteiger partial charge in [0.05, 0.1) is 12.7 Å². The molecule has 0 saturated heterocycles. The van der Waals surface area contributed by atoms with Gasteiger partial charge < -0.3 is 4.74 Å². The van der Waals surface area contributed by atoms with E-state index in [0.717, 1.165) is 0 Å². The third kappa shape index (κ3) is 2.23. The van der Waals surface area contributed by atoms with Crippen molar-refractivity contribution >= 4 is 17.4 Å². The minimum atomic E-state index is -0.534. The molecule has 1 aromatic rings. The average Bonchev–Trinajstić information content (AvgIpc) is 2.17. The molecule has 0 radical (unpaired) electrons. The number of Topliss-reactive ketones (excluding diaryl/α,β-unsaturated/α-hetero) is 1. The van der Waals surface area contributed by atoms with Gasteiger partial charge in [0.15, 0.2) is 17.3 Å². The second-order valence-corrected chi connectivity index (χ2v) is 3.06. The number of hydrogen-bond acceptors (Lipinski definition) is 2. The van der Waals surface area contributed by atoms with E-state index in [-0.39, 0.29) is 29.4 Å². The van der Waals surface area contributed by atoms with Crippen LogP contribution in [-0.2, 0) is 0 Å². The van der Waals surface area contributed by atoms with Gasteiger partial charge in [0.2, 0.25) is 0 Å². The number of benzene rings is 1. The molecule has 0 aromatic heterocycles. The molecule has 1 rings (SSSR count). The van der Waals surface area contributed by atoms with Gasteiger partial charge in [-0.25, -0.2) is 4.39 Å². The largest absolute Gasteiger partial charge is 0.493 e. The van der Waals surface area contributed by atoms with E-state index in [1.807, 2.05) is 0 Å². The van der Waals surface area contributed by atoms with Crippen LogP contribution in [0.3, 0.4) is 0 Å². The number of ketones is 1. The molecule has 4 heteroatoms. The third-order valence-corrected chi connectivity index (χ3v) is 1.98. The Bertz CT molecular complexity index is 339. The van der Waals surface area contributed by atoms with Crippen LogP contribution in [0.1, 0.15) is 16.8 Å². The maximum Gasteiger partial charge on any atom is 0.167 e. The lowest BCUT2D eigenvalue weighted by Gasteiger charge is -2.07. The fourth-order valence-electron chi connectivity index (χ4n) is 1.16. The van der Waals surface area contributed by atoms with Gasteiger partial charge in [-0.1, -0.05) is 6.07 Å². The summed E-state index contributed by atoms with van der Waals surface area (Å²) in [6.07, 6.45) is 0.182. The van der Waals surface area contributed by atoms with Gasteiger partial charge in [0.25, 0.3) is 0 Å². The fraction of sp³-hybridized carbons (Fsp3) is 0.300. The Morgan fingerprint density at radius 3 is 2.86 bits per heavy atom. The molecule has 14 heavy (non-hydrogen) atoms. The molecule has 0 fully saturated rings. The van der Waals surface area contributed by atoms with E-state index in [0.29, 0.717) is 0 Å². The maximum absolute atomic E-state index is 13.1. The highest BCUT2D eigenvalue weighted by Gasteiger charge is 2.14. The van der Waals surface area contributed by atoms with E-state index in [4.69, 9.17) is 16.3 Å². The minimum absolute atomic E-state index is 0.0115. The summed E-state index contributed by atoms with van der Waals surface area (Å²) in [4.78, 5) is 11.4. The summed E-state index contributed by atoms with van der Waals surface area (Å²) in [5, 5.41) is 0. The number of alkyl halides is 1. The van der Waals surface area contributed by atoms with Gasteiger partial charge in [0.1, 0.15) is 0 Å². The van der Waals surface area contributed by atoms with Gasteiger partial charge in [-0.2, -0.15) is 0 Å². The molecule has 0 aliphatic heterocycles. The Labute approximate surface area is 86.6 Å². The normalized spacial score (nSPS) is 9.93. The molecule has 0 amide bonds.